The smallest absolute Gasteiger partial charge is 0.226 e. The highest BCUT2D eigenvalue weighted by atomic mass is 32.1. The normalized spacial score (nSPS) is 9.92. The van der Waals surface area contributed by atoms with E-state index in [1.54, 1.807) is 30.3 Å². The minimum atomic E-state index is 0.163. The van der Waals surface area contributed by atoms with Crippen molar-refractivity contribution >= 4 is 17.2 Å². The Morgan fingerprint density at radius 1 is 1.58 bits per heavy atom. The molecule has 0 saturated heterocycles. The summed E-state index contributed by atoms with van der Waals surface area (Å²) in [7, 11) is 3.56. The van der Waals surface area contributed by atoms with Gasteiger partial charge in [-0.05, 0) is 23.9 Å². The molecule has 3 heteroatoms. The number of hydrogen-bond donors (Lipinski definition) is 0. The Morgan fingerprint density at radius 2 is 2.25 bits per heavy atom. The third kappa shape index (κ3) is 2.08. The molecule has 0 unspecified atom stereocenters. The summed E-state index contributed by atoms with van der Waals surface area (Å²) in [5.41, 5.74) is 1.15. The first kappa shape index (κ1) is 9.26. The molecule has 1 heterocycles. The van der Waals surface area contributed by atoms with Crippen LogP contribution in [-0.2, 0) is 11.2 Å². The van der Waals surface area contributed by atoms with Crippen LogP contribution < -0.4 is 0 Å². The zero-order valence-electron chi connectivity index (χ0n) is 7.63. The van der Waals surface area contributed by atoms with Gasteiger partial charge in [-0.15, -0.1) is 11.3 Å². The molecule has 0 aliphatic carbocycles. The summed E-state index contributed by atoms with van der Waals surface area (Å²) in [5.74, 6) is 0.163. The van der Waals surface area contributed by atoms with Crippen LogP contribution >= 0.6 is 11.3 Å². The van der Waals surface area contributed by atoms with E-state index >= 15 is 0 Å². The highest BCUT2D eigenvalue weighted by Gasteiger charge is 2.07. The second-order valence-electron chi connectivity index (χ2n) is 2.97. The van der Waals surface area contributed by atoms with Crippen molar-refractivity contribution in [2.45, 2.75) is 13.3 Å². The molecule has 1 aromatic heterocycles. The summed E-state index contributed by atoms with van der Waals surface area (Å²) in [5, 5.41) is 2.02. The van der Waals surface area contributed by atoms with Gasteiger partial charge in [-0.1, -0.05) is 0 Å². The van der Waals surface area contributed by atoms with E-state index in [1.165, 1.54) is 4.88 Å². The number of hydrogen-bond acceptors (Lipinski definition) is 2. The Bertz CT molecular complexity index is 278. The molecule has 1 aromatic rings. The molecule has 0 saturated carbocycles. The maximum absolute atomic E-state index is 11.3. The van der Waals surface area contributed by atoms with E-state index < -0.39 is 0 Å². The summed E-state index contributed by atoms with van der Waals surface area (Å²) >= 11 is 1.69. The molecule has 0 fully saturated rings. The minimum Gasteiger partial charge on any atom is -0.349 e. The van der Waals surface area contributed by atoms with Crippen LogP contribution in [0, 0.1) is 6.92 Å². The first-order valence-electron chi connectivity index (χ1n) is 3.84. The van der Waals surface area contributed by atoms with Crippen molar-refractivity contribution in [2.75, 3.05) is 14.1 Å². The molecular weight excluding hydrogens is 170 g/mol. The Labute approximate surface area is 76.8 Å². The first-order chi connectivity index (χ1) is 5.61. The number of carbonyl (C=O) groups is 1. The fourth-order valence-electron chi connectivity index (χ4n) is 0.916. The lowest BCUT2D eigenvalue weighted by Crippen LogP contribution is -2.23. The number of likely N-dealkylation sites (N-methyl/N-ethyl adjacent to an activating group) is 1. The standard InChI is InChI=1S/C9H13NOS/c1-7-8(4-5-12-7)6-9(11)10(2)3/h4-5H,6H2,1-3H3. The molecule has 0 bridgehead atoms. The van der Waals surface area contributed by atoms with Crippen LogP contribution in [0.1, 0.15) is 10.4 Å². The van der Waals surface area contributed by atoms with E-state index in [4.69, 9.17) is 0 Å². The van der Waals surface area contributed by atoms with Crippen molar-refractivity contribution in [1.82, 2.24) is 4.90 Å². The predicted octanol–water partition coefficient (Wildman–Crippen LogP) is 1.69. The number of aryl methyl sites for hydroxylation is 1. The molecule has 1 rings (SSSR count). The van der Waals surface area contributed by atoms with Crippen LogP contribution in [0.25, 0.3) is 0 Å². The Balaban J connectivity index is 2.64. The summed E-state index contributed by atoms with van der Waals surface area (Å²) in [6, 6.07) is 2.02. The van der Waals surface area contributed by atoms with Gasteiger partial charge >= 0.3 is 0 Å². The molecular formula is C9H13NOS. The maximum atomic E-state index is 11.3. The van der Waals surface area contributed by atoms with Crippen LogP contribution in [0.4, 0.5) is 0 Å². The van der Waals surface area contributed by atoms with Gasteiger partial charge in [0.2, 0.25) is 5.91 Å². The zero-order chi connectivity index (χ0) is 9.14. The number of thiophene rings is 1. The van der Waals surface area contributed by atoms with Gasteiger partial charge in [-0.25, -0.2) is 0 Å². The van der Waals surface area contributed by atoms with E-state index in [1.807, 2.05) is 18.4 Å². The topological polar surface area (TPSA) is 20.3 Å². The Hall–Kier alpha value is -0.830. The lowest BCUT2D eigenvalue weighted by atomic mass is 10.2. The molecule has 66 valence electrons. The average Bonchev–Trinajstić information content (AvgIpc) is 2.36. The van der Waals surface area contributed by atoms with Crippen molar-refractivity contribution in [3.63, 3.8) is 0 Å². The monoisotopic (exact) mass is 183 g/mol. The minimum absolute atomic E-state index is 0.163. The van der Waals surface area contributed by atoms with E-state index in [9.17, 15) is 4.79 Å². The fourth-order valence-corrected chi connectivity index (χ4v) is 1.64. The van der Waals surface area contributed by atoms with E-state index in [2.05, 4.69) is 0 Å². The summed E-state index contributed by atoms with van der Waals surface area (Å²) < 4.78 is 0. The van der Waals surface area contributed by atoms with E-state index in [0.29, 0.717) is 6.42 Å². The third-order valence-corrected chi connectivity index (χ3v) is 2.69. The van der Waals surface area contributed by atoms with Gasteiger partial charge in [-0.2, -0.15) is 0 Å². The molecule has 0 atom stereocenters. The highest BCUT2D eigenvalue weighted by Crippen LogP contribution is 2.15. The second-order valence-corrected chi connectivity index (χ2v) is 4.09. The molecule has 1 amide bonds. The van der Waals surface area contributed by atoms with Crippen LogP contribution in [0.2, 0.25) is 0 Å². The van der Waals surface area contributed by atoms with Gasteiger partial charge in [0.05, 0.1) is 6.42 Å². The molecule has 2 nitrogen and oxygen atoms in total. The lowest BCUT2D eigenvalue weighted by molar-refractivity contribution is -0.127. The molecule has 0 radical (unpaired) electrons. The fraction of sp³-hybridized carbons (Fsp3) is 0.444. The van der Waals surface area contributed by atoms with Crippen LogP contribution in [-0.4, -0.2) is 24.9 Å². The summed E-state index contributed by atoms with van der Waals surface area (Å²) in [6.45, 7) is 2.04. The van der Waals surface area contributed by atoms with Crippen molar-refractivity contribution in [3.05, 3.63) is 21.9 Å². The van der Waals surface area contributed by atoms with Crippen molar-refractivity contribution < 1.29 is 4.79 Å². The molecule has 0 aromatic carbocycles. The summed E-state index contributed by atoms with van der Waals surface area (Å²) in [4.78, 5) is 14.2. The van der Waals surface area contributed by atoms with Crippen molar-refractivity contribution in [2.24, 2.45) is 0 Å². The zero-order valence-corrected chi connectivity index (χ0v) is 8.44. The van der Waals surface area contributed by atoms with Crippen molar-refractivity contribution in [3.8, 4) is 0 Å². The third-order valence-electron chi connectivity index (χ3n) is 1.81. The van der Waals surface area contributed by atoms with Crippen LogP contribution in [0.15, 0.2) is 11.4 Å². The Kier molecular flexibility index (Phi) is 2.87. The first-order valence-corrected chi connectivity index (χ1v) is 4.72. The number of nitrogens with zero attached hydrogens (tertiary/aromatic N) is 1. The average molecular weight is 183 g/mol. The SMILES string of the molecule is Cc1sccc1CC(=O)N(C)C. The van der Waals surface area contributed by atoms with Crippen LogP contribution in [0.3, 0.4) is 0 Å². The molecule has 0 N–H and O–H groups in total. The quantitative estimate of drug-likeness (QED) is 0.683. The van der Waals surface area contributed by atoms with E-state index in [-0.39, 0.29) is 5.91 Å². The van der Waals surface area contributed by atoms with Crippen LogP contribution in [0.5, 0.6) is 0 Å². The number of carbonyl (C=O) groups excluding carboxylic acids is 1. The summed E-state index contributed by atoms with van der Waals surface area (Å²) in [6.07, 6.45) is 0.530. The predicted molar refractivity (Wildman–Crippen MR) is 51.5 cm³/mol. The van der Waals surface area contributed by atoms with Gasteiger partial charge < -0.3 is 4.90 Å². The van der Waals surface area contributed by atoms with Gasteiger partial charge in [0.15, 0.2) is 0 Å². The second kappa shape index (κ2) is 3.72. The molecule has 12 heavy (non-hydrogen) atoms. The highest BCUT2D eigenvalue weighted by molar-refractivity contribution is 7.10. The molecule has 0 spiro atoms. The largest absolute Gasteiger partial charge is 0.349 e. The van der Waals surface area contributed by atoms with Gasteiger partial charge in [0.1, 0.15) is 0 Å². The van der Waals surface area contributed by atoms with Gasteiger partial charge in [-0.3, -0.25) is 4.79 Å². The molecule has 0 aliphatic rings. The van der Waals surface area contributed by atoms with Gasteiger partial charge in [0, 0.05) is 19.0 Å². The Morgan fingerprint density at radius 3 is 2.67 bits per heavy atom. The van der Waals surface area contributed by atoms with Gasteiger partial charge in [0.25, 0.3) is 0 Å². The molecule has 0 aliphatic heterocycles. The van der Waals surface area contributed by atoms with Crippen molar-refractivity contribution in [1.29, 1.82) is 0 Å². The number of rotatable bonds is 2. The lowest BCUT2D eigenvalue weighted by Gasteiger charge is -2.09. The van der Waals surface area contributed by atoms with E-state index in [0.717, 1.165) is 5.56 Å². The maximum Gasteiger partial charge on any atom is 0.226 e. The number of amides is 1.